The van der Waals surface area contributed by atoms with Crippen LogP contribution in [0.4, 0.5) is 5.69 Å². The monoisotopic (exact) mass is 282 g/mol. The SMILES string of the molecule is O=[N+]([O-])c1ccccc1CCNC1Cc2ccccc2C1. The summed E-state index contributed by atoms with van der Waals surface area (Å²) in [4.78, 5) is 10.7. The number of nitrogens with one attached hydrogen (secondary N) is 1. The average Bonchev–Trinajstić information content (AvgIpc) is 2.90. The Labute approximate surface area is 124 Å². The van der Waals surface area contributed by atoms with Gasteiger partial charge in [0.15, 0.2) is 0 Å². The van der Waals surface area contributed by atoms with Crippen LogP contribution < -0.4 is 5.32 Å². The number of rotatable bonds is 5. The summed E-state index contributed by atoms with van der Waals surface area (Å²) in [5, 5.41) is 14.5. The third-order valence-corrected chi connectivity index (χ3v) is 4.07. The van der Waals surface area contributed by atoms with E-state index in [1.807, 2.05) is 12.1 Å². The molecule has 2 aromatic carbocycles. The molecule has 1 aliphatic carbocycles. The highest BCUT2D eigenvalue weighted by Crippen LogP contribution is 2.22. The molecule has 4 nitrogen and oxygen atoms in total. The van der Waals surface area contributed by atoms with Crippen LogP contribution in [0, 0.1) is 10.1 Å². The van der Waals surface area contributed by atoms with Crippen LogP contribution in [0.15, 0.2) is 48.5 Å². The first-order valence-electron chi connectivity index (χ1n) is 7.26. The molecule has 0 atom stereocenters. The van der Waals surface area contributed by atoms with Crippen molar-refractivity contribution in [2.75, 3.05) is 6.54 Å². The third-order valence-electron chi connectivity index (χ3n) is 4.07. The zero-order chi connectivity index (χ0) is 14.7. The molecule has 0 heterocycles. The summed E-state index contributed by atoms with van der Waals surface area (Å²) in [5.74, 6) is 0. The minimum absolute atomic E-state index is 0.217. The van der Waals surface area contributed by atoms with Gasteiger partial charge in [-0.1, -0.05) is 42.5 Å². The second kappa shape index (κ2) is 6.06. The van der Waals surface area contributed by atoms with Crippen LogP contribution in [0.3, 0.4) is 0 Å². The van der Waals surface area contributed by atoms with Gasteiger partial charge < -0.3 is 5.32 Å². The molecule has 0 saturated carbocycles. The summed E-state index contributed by atoms with van der Waals surface area (Å²) in [6.45, 7) is 0.767. The van der Waals surface area contributed by atoms with Gasteiger partial charge >= 0.3 is 0 Å². The number of nitrogens with zero attached hydrogens (tertiary/aromatic N) is 1. The molecule has 0 radical (unpaired) electrons. The molecular weight excluding hydrogens is 264 g/mol. The van der Waals surface area contributed by atoms with E-state index in [0.29, 0.717) is 12.5 Å². The van der Waals surface area contributed by atoms with Crippen molar-refractivity contribution in [3.8, 4) is 0 Å². The van der Waals surface area contributed by atoms with Gasteiger partial charge in [-0.2, -0.15) is 0 Å². The van der Waals surface area contributed by atoms with Gasteiger partial charge in [0.25, 0.3) is 5.69 Å². The minimum atomic E-state index is -0.305. The zero-order valence-corrected chi connectivity index (χ0v) is 11.8. The molecule has 1 aliphatic rings. The van der Waals surface area contributed by atoms with Crippen LogP contribution in [-0.4, -0.2) is 17.5 Å². The van der Waals surface area contributed by atoms with Crippen molar-refractivity contribution in [1.29, 1.82) is 0 Å². The van der Waals surface area contributed by atoms with Crippen LogP contribution in [0.5, 0.6) is 0 Å². The maximum absolute atomic E-state index is 11.0. The van der Waals surface area contributed by atoms with E-state index in [2.05, 4.69) is 29.6 Å². The standard InChI is InChI=1S/C17H18N2O2/c20-19(21)17-8-4-3-5-13(17)9-10-18-16-11-14-6-1-2-7-15(14)12-16/h1-8,16,18H,9-12H2. The van der Waals surface area contributed by atoms with Crippen molar-refractivity contribution in [2.24, 2.45) is 0 Å². The number of nitro groups is 1. The zero-order valence-electron chi connectivity index (χ0n) is 11.8. The Hall–Kier alpha value is -2.20. The highest BCUT2D eigenvalue weighted by atomic mass is 16.6. The van der Waals surface area contributed by atoms with Crippen LogP contribution in [-0.2, 0) is 19.3 Å². The molecule has 0 amide bonds. The maximum Gasteiger partial charge on any atom is 0.272 e. The summed E-state index contributed by atoms with van der Waals surface area (Å²) in [5.41, 5.74) is 3.85. The summed E-state index contributed by atoms with van der Waals surface area (Å²) < 4.78 is 0. The van der Waals surface area contributed by atoms with E-state index in [-0.39, 0.29) is 10.6 Å². The fourth-order valence-corrected chi connectivity index (χ4v) is 3.01. The van der Waals surface area contributed by atoms with Gasteiger partial charge in [0.1, 0.15) is 0 Å². The summed E-state index contributed by atoms with van der Waals surface area (Å²) in [6, 6.07) is 15.9. The number of para-hydroxylation sites is 1. The van der Waals surface area contributed by atoms with Gasteiger partial charge in [0, 0.05) is 17.7 Å². The fraction of sp³-hybridized carbons (Fsp3) is 0.294. The number of fused-ring (bicyclic) bond motifs is 1. The first-order chi connectivity index (χ1) is 10.2. The van der Waals surface area contributed by atoms with Crippen molar-refractivity contribution >= 4 is 5.69 Å². The minimum Gasteiger partial charge on any atom is -0.313 e. The molecule has 0 bridgehead atoms. The van der Waals surface area contributed by atoms with Gasteiger partial charge in [-0.15, -0.1) is 0 Å². The lowest BCUT2D eigenvalue weighted by atomic mass is 10.1. The molecule has 2 aromatic rings. The average molecular weight is 282 g/mol. The van der Waals surface area contributed by atoms with Crippen LogP contribution in [0.2, 0.25) is 0 Å². The maximum atomic E-state index is 11.0. The molecule has 0 fully saturated rings. The van der Waals surface area contributed by atoms with Crippen LogP contribution >= 0.6 is 0 Å². The normalized spacial score (nSPS) is 14.1. The number of benzene rings is 2. The quantitative estimate of drug-likeness (QED) is 0.677. The van der Waals surface area contributed by atoms with E-state index >= 15 is 0 Å². The van der Waals surface area contributed by atoms with Crippen molar-refractivity contribution in [3.63, 3.8) is 0 Å². The lowest BCUT2D eigenvalue weighted by molar-refractivity contribution is -0.385. The number of hydrogen-bond donors (Lipinski definition) is 1. The molecule has 21 heavy (non-hydrogen) atoms. The fourth-order valence-electron chi connectivity index (χ4n) is 3.01. The molecular formula is C17H18N2O2. The molecule has 1 N–H and O–H groups in total. The van der Waals surface area contributed by atoms with Gasteiger partial charge in [0.05, 0.1) is 4.92 Å². The molecule has 0 unspecified atom stereocenters. The first kappa shape index (κ1) is 13.8. The number of hydrogen-bond acceptors (Lipinski definition) is 3. The Morgan fingerprint density at radius 1 is 1.05 bits per heavy atom. The molecule has 0 aromatic heterocycles. The molecule has 108 valence electrons. The Morgan fingerprint density at radius 2 is 1.67 bits per heavy atom. The highest BCUT2D eigenvalue weighted by molar-refractivity contribution is 5.40. The molecule has 4 heteroatoms. The topological polar surface area (TPSA) is 55.2 Å². The molecule has 3 rings (SSSR count). The van der Waals surface area contributed by atoms with Crippen molar-refractivity contribution in [3.05, 3.63) is 75.3 Å². The molecule has 0 aliphatic heterocycles. The van der Waals surface area contributed by atoms with E-state index in [9.17, 15) is 10.1 Å². The van der Waals surface area contributed by atoms with E-state index in [0.717, 1.165) is 24.9 Å². The Morgan fingerprint density at radius 3 is 2.33 bits per heavy atom. The van der Waals surface area contributed by atoms with E-state index in [4.69, 9.17) is 0 Å². The molecule has 0 spiro atoms. The Bertz CT molecular complexity index is 630. The van der Waals surface area contributed by atoms with Crippen molar-refractivity contribution in [2.45, 2.75) is 25.3 Å². The van der Waals surface area contributed by atoms with Crippen molar-refractivity contribution < 1.29 is 4.92 Å². The van der Waals surface area contributed by atoms with Gasteiger partial charge in [-0.05, 0) is 36.9 Å². The van der Waals surface area contributed by atoms with Crippen molar-refractivity contribution in [1.82, 2.24) is 5.32 Å². The van der Waals surface area contributed by atoms with Crippen LogP contribution in [0.25, 0.3) is 0 Å². The predicted octanol–water partition coefficient (Wildman–Crippen LogP) is 2.89. The summed E-state index contributed by atoms with van der Waals surface area (Å²) >= 11 is 0. The van der Waals surface area contributed by atoms with Gasteiger partial charge in [-0.3, -0.25) is 10.1 Å². The molecule has 0 saturated heterocycles. The predicted molar refractivity (Wildman–Crippen MR) is 82.4 cm³/mol. The second-order valence-corrected chi connectivity index (χ2v) is 5.46. The highest BCUT2D eigenvalue weighted by Gasteiger charge is 2.20. The second-order valence-electron chi connectivity index (χ2n) is 5.46. The largest absolute Gasteiger partial charge is 0.313 e. The van der Waals surface area contributed by atoms with Crippen LogP contribution in [0.1, 0.15) is 16.7 Å². The Balaban J connectivity index is 1.55. The third kappa shape index (κ3) is 3.11. The lowest BCUT2D eigenvalue weighted by Gasteiger charge is -2.11. The van der Waals surface area contributed by atoms with Gasteiger partial charge in [-0.25, -0.2) is 0 Å². The summed E-state index contributed by atoms with van der Waals surface area (Å²) in [7, 11) is 0. The lowest BCUT2D eigenvalue weighted by Crippen LogP contribution is -2.31. The first-order valence-corrected chi connectivity index (χ1v) is 7.26. The number of nitro benzene ring substituents is 1. The Kier molecular flexibility index (Phi) is 3.97. The summed E-state index contributed by atoms with van der Waals surface area (Å²) in [6.07, 6.45) is 2.78. The van der Waals surface area contributed by atoms with Gasteiger partial charge in [0.2, 0.25) is 0 Å². The smallest absolute Gasteiger partial charge is 0.272 e. The van der Waals surface area contributed by atoms with E-state index < -0.39 is 0 Å². The van der Waals surface area contributed by atoms with E-state index in [1.165, 1.54) is 11.1 Å². The van der Waals surface area contributed by atoms with E-state index in [1.54, 1.807) is 12.1 Å².